The minimum atomic E-state index is -1.31. The molecule has 7 rings (SSSR count). The summed E-state index contributed by atoms with van der Waals surface area (Å²) < 4.78 is 43.8. The van der Waals surface area contributed by atoms with Crippen LogP contribution in [0.3, 0.4) is 0 Å². The number of rotatable bonds is 12. The second-order valence-electron chi connectivity index (χ2n) is 16.8. The van der Waals surface area contributed by atoms with Crippen LogP contribution in [-0.4, -0.2) is 75.0 Å². The molecule has 312 valence electrons. The first kappa shape index (κ1) is 43.9. The van der Waals surface area contributed by atoms with Crippen molar-refractivity contribution in [1.29, 1.82) is 0 Å². The highest BCUT2D eigenvalue weighted by atomic mass is 35.5. The Morgan fingerprint density at radius 2 is 1.83 bits per heavy atom. The topological polar surface area (TPSA) is 107 Å². The van der Waals surface area contributed by atoms with Gasteiger partial charge >= 0.3 is 5.97 Å². The lowest BCUT2D eigenvalue weighted by Crippen LogP contribution is -2.37. The van der Waals surface area contributed by atoms with Crippen LogP contribution < -0.4 is 18.9 Å². The maximum Gasteiger partial charge on any atom is 0.348 e. The number of aromatic nitrogens is 2. The molecule has 2 aromatic carbocycles. The van der Waals surface area contributed by atoms with Crippen LogP contribution in [0.1, 0.15) is 61.6 Å². The minimum Gasteiger partial charge on any atom is -0.490 e. The molecule has 2 atom stereocenters. The Kier molecular flexibility index (Phi) is 14.2. The van der Waals surface area contributed by atoms with E-state index in [4.69, 9.17) is 66.3 Å². The number of hydrogen-bond acceptors (Lipinski definition) is 11. The van der Waals surface area contributed by atoms with Crippen LogP contribution >= 0.6 is 34.5 Å². The molecule has 0 saturated heterocycles. The Morgan fingerprint density at radius 3 is 2.50 bits per heavy atom. The highest BCUT2D eigenvalue weighted by molar-refractivity contribution is 7.20. The average molecular weight is 870 g/mol. The fraction of sp³-hybridized carbons (Fsp3) is 0.477. The zero-order chi connectivity index (χ0) is 41.8. The lowest BCUT2D eigenvalue weighted by atomic mass is 9.91. The molecule has 0 fully saturated rings. The van der Waals surface area contributed by atoms with Gasteiger partial charge in [0.1, 0.15) is 34.9 Å². The quantitative estimate of drug-likeness (QED) is 0.0449. The summed E-state index contributed by atoms with van der Waals surface area (Å²) in [5.41, 5.74) is 4.22. The van der Waals surface area contributed by atoms with Crippen molar-refractivity contribution in [3.05, 3.63) is 74.9 Å². The van der Waals surface area contributed by atoms with Crippen LogP contribution in [0, 0.1) is 13.8 Å². The van der Waals surface area contributed by atoms with Crippen molar-refractivity contribution >= 4 is 64.4 Å². The Morgan fingerprint density at radius 1 is 1.07 bits per heavy atom. The van der Waals surface area contributed by atoms with Crippen LogP contribution in [0.4, 0.5) is 0 Å². The van der Waals surface area contributed by atoms with Gasteiger partial charge in [-0.1, -0.05) is 55.0 Å². The fourth-order valence-corrected chi connectivity index (χ4v) is 9.35. The summed E-state index contributed by atoms with van der Waals surface area (Å²) in [5, 5.41) is 1.37. The van der Waals surface area contributed by atoms with Crippen molar-refractivity contribution < 1.29 is 38.0 Å². The molecule has 1 aliphatic carbocycles. The number of hydrogen-bond donors (Lipinski definition) is 0. The third-order valence-electron chi connectivity index (χ3n) is 9.76. The Labute approximate surface area is 356 Å². The normalized spacial score (nSPS) is 17.2. The first-order valence-corrected chi connectivity index (χ1v) is 25.0. The summed E-state index contributed by atoms with van der Waals surface area (Å²) in [5.74, 6) is 1.02. The van der Waals surface area contributed by atoms with E-state index in [-0.39, 0.29) is 32.3 Å². The van der Waals surface area contributed by atoms with Gasteiger partial charge in [-0.15, -0.1) is 17.9 Å². The van der Waals surface area contributed by atoms with Gasteiger partial charge in [0.15, 0.2) is 18.6 Å². The van der Waals surface area contributed by atoms with Gasteiger partial charge in [0, 0.05) is 37.1 Å². The first-order valence-electron chi connectivity index (χ1n) is 19.7. The van der Waals surface area contributed by atoms with E-state index in [0.29, 0.717) is 56.3 Å². The van der Waals surface area contributed by atoms with E-state index >= 15 is 0 Å². The van der Waals surface area contributed by atoms with Gasteiger partial charge in [0.2, 0.25) is 12.0 Å². The second-order valence-corrected chi connectivity index (χ2v) is 24.2. The average Bonchev–Trinajstić information content (AvgIpc) is 3.83. The number of nitrogens with zero attached hydrogens (tertiary/aromatic N) is 2. The molecular weight excluding hydrogens is 816 g/mol. The number of esters is 1. The Balaban J connectivity index is 1.54. The summed E-state index contributed by atoms with van der Waals surface area (Å²) in [6, 6.07) is 6.43. The van der Waals surface area contributed by atoms with Crippen molar-refractivity contribution in [2.75, 3.05) is 33.2 Å². The van der Waals surface area contributed by atoms with Gasteiger partial charge in [-0.25, -0.2) is 14.8 Å². The molecule has 3 aliphatic rings. The number of carbonyl (C=O) groups is 1. The van der Waals surface area contributed by atoms with E-state index < -0.39 is 31.9 Å². The van der Waals surface area contributed by atoms with Gasteiger partial charge in [-0.2, -0.15) is 0 Å². The second kappa shape index (κ2) is 18.7. The highest BCUT2D eigenvalue weighted by Crippen LogP contribution is 2.53. The van der Waals surface area contributed by atoms with E-state index in [1.54, 1.807) is 29.5 Å². The zero-order valence-corrected chi connectivity index (χ0v) is 38.0. The molecule has 2 aliphatic heterocycles. The van der Waals surface area contributed by atoms with Crippen molar-refractivity contribution in [2.45, 2.75) is 104 Å². The van der Waals surface area contributed by atoms with Crippen molar-refractivity contribution in [3.63, 3.8) is 0 Å². The largest absolute Gasteiger partial charge is 0.490 e. The van der Waals surface area contributed by atoms with Crippen LogP contribution in [-0.2, 0) is 25.4 Å². The van der Waals surface area contributed by atoms with E-state index in [9.17, 15) is 4.79 Å². The SMILES string of the molecule is C=CCOC[C@@H]1COc2ccc(OCOCC[Si](C)(C)C)c(c2)C[C@H](C(=O)OC(C)(C)C)Oc2ncnc3sc(C4=CCCC4)c(c23)-c2c(C)c(Cl)c(c(Cl)c2C)O1. The predicted molar refractivity (Wildman–Crippen MR) is 235 cm³/mol. The zero-order valence-electron chi connectivity index (χ0n) is 34.7. The molecule has 0 amide bonds. The molecule has 4 bridgehead atoms. The molecule has 0 N–H and O–H groups in total. The summed E-state index contributed by atoms with van der Waals surface area (Å²) in [7, 11) is -1.31. The molecular formula is C44H54Cl2N2O8SSi. The molecule has 0 radical (unpaired) electrons. The van der Waals surface area contributed by atoms with Gasteiger partial charge in [-0.3, -0.25) is 0 Å². The molecule has 4 heterocycles. The van der Waals surface area contributed by atoms with Crippen LogP contribution in [0.5, 0.6) is 23.1 Å². The van der Waals surface area contributed by atoms with E-state index in [1.165, 1.54) is 11.9 Å². The van der Waals surface area contributed by atoms with E-state index in [2.05, 4.69) is 32.3 Å². The van der Waals surface area contributed by atoms with E-state index in [0.717, 1.165) is 52.4 Å². The Bertz CT molecular complexity index is 2150. The molecule has 0 unspecified atom stereocenters. The molecule has 14 heteroatoms. The van der Waals surface area contributed by atoms with Gasteiger partial charge in [0.05, 0.1) is 28.6 Å². The number of thiophene rings is 1. The number of carbonyl (C=O) groups excluding carboxylic acids is 1. The third kappa shape index (κ3) is 10.6. The van der Waals surface area contributed by atoms with Crippen molar-refractivity contribution in [3.8, 4) is 34.3 Å². The van der Waals surface area contributed by atoms with Crippen molar-refractivity contribution in [2.24, 2.45) is 0 Å². The van der Waals surface area contributed by atoms with Crippen LogP contribution in [0.15, 0.2) is 43.3 Å². The highest BCUT2D eigenvalue weighted by Gasteiger charge is 2.34. The smallest absolute Gasteiger partial charge is 0.348 e. The van der Waals surface area contributed by atoms with Crippen molar-refractivity contribution in [1.82, 2.24) is 9.97 Å². The molecule has 58 heavy (non-hydrogen) atoms. The summed E-state index contributed by atoms with van der Waals surface area (Å²) >= 11 is 16.1. The number of halogens is 2. The summed E-state index contributed by atoms with van der Waals surface area (Å²) in [4.78, 5) is 25.4. The fourth-order valence-electron chi connectivity index (χ4n) is 6.87. The number of allylic oxidation sites excluding steroid dienone is 2. The maximum atomic E-state index is 14.2. The lowest BCUT2D eigenvalue weighted by molar-refractivity contribution is -0.163. The third-order valence-corrected chi connectivity index (χ3v) is 13.5. The minimum absolute atomic E-state index is 0.0348. The number of fused-ring (bicyclic) bond motifs is 7. The van der Waals surface area contributed by atoms with E-state index in [1.807, 2.05) is 40.7 Å². The molecule has 0 spiro atoms. The first-order chi connectivity index (χ1) is 27.5. The predicted octanol–water partition coefficient (Wildman–Crippen LogP) is 11.2. The number of benzene rings is 2. The number of ether oxygens (including phenoxy) is 7. The Hall–Kier alpha value is -3.65. The molecule has 10 nitrogen and oxygen atoms in total. The monoisotopic (exact) mass is 868 g/mol. The molecule has 4 aromatic rings. The van der Waals surface area contributed by atoms with Crippen LogP contribution in [0.25, 0.3) is 26.9 Å². The lowest BCUT2D eigenvalue weighted by Gasteiger charge is -2.25. The standard InChI is InChI=1S/C44H54Cl2N2O8SSi/c1-10-17-50-22-31-23-52-30-15-16-32(53-25-51-18-19-58(7,8)9)29(20-30)21-33(43(49)56-44(4,5)6)55-41-36-35(34-26(2)37(45)39(54-31)38(46)27(34)3)40(28-13-11-12-14-28)57-42(36)48-24-47-41/h10,13,15-16,20,24,31,33H,1,11-12,14,17-19,21-23,25H2,2-9H3/t31-,33-/m1/s1. The van der Waals surface area contributed by atoms with Gasteiger partial charge < -0.3 is 33.2 Å². The molecule has 2 aromatic heterocycles. The maximum absolute atomic E-state index is 14.2. The summed E-state index contributed by atoms with van der Waals surface area (Å²) in [6.45, 7) is 21.3. The van der Waals surface area contributed by atoms with Crippen LogP contribution in [0.2, 0.25) is 35.7 Å². The summed E-state index contributed by atoms with van der Waals surface area (Å²) in [6.07, 6.45) is 6.60. The molecule has 0 saturated carbocycles. The van der Waals surface area contributed by atoms with Gasteiger partial charge in [-0.05, 0) is 100 Å². The van der Waals surface area contributed by atoms with Gasteiger partial charge in [0.25, 0.3) is 0 Å².